The molecule has 0 unspecified atom stereocenters. The van der Waals surface area contributed by atoms with Crippen LogP contribution in [0.1, 0.15) is 18.0 Å². The summed E-state index contributed by atoms with van der Waals surface area (Å²) in [7, 11) is 0. The standard InChI is InChI=1S/C11H11BrN2/c12-7-1-2-10-8(5-7)9(6-14-10)11-3-4-13-11/h1-2,5-6,11,13-14H,3-4H2/t11-/m0/s1. The van der Waals surface area contributed by atoms with E-state index in [1.165, 1.54) is 22.9 Å². The summed E-state index contributed by atoms with van der Waals surface area (Å²) in [5, 5.41) is 4.75. The summed E-state index contributed by atoms with van der Waals surface area (Å²) in [5.74, 6) is 0. The van der Waals surface area contributed by atoms with Crippen molar-refractivity contribution in [3.8, 4) is 0 Å². The molecule has 0 amide bonds. The minimum atomic E-state index is 0.554. The van der Waals surface area contributed by atoms with Gasteiger partial charge in [0, 0.05) is 27.6 Å². The van der Waals surface area contributed by atoms with E-state index in [1.807, 2.05) is 0 Å². The number of hydrogen-bond donors (Lipinski definition) is 2. The second-order valence-electron chi connectivity index (χ2n) is 3.73. The van der Waals surface area contributed by atoms with Crippen molar-refractivity contribution in [1.82, 2.24) is 10.3 Å². The van der Waals surface area contributed by atoms with Crippen LogP contribution in [0.15, 0.2) is 28.9 Å². The van der Waals surface area contributed by atoms with Gasteiger partial charge < -0.3 is 10.3 Å². The second-order valence-corrected chi connectivity index (χ2v) is 4.64. The van der Waals surface area contributed by atoms with E-state index in [-0.39, 0.29) is 0 Å². The van der Waals surface area contributed by atoms with Crippen LogP contribution in [0, 0.1) is 0 Å². The van der Waals surface area contributed by atoms with Gasteiger partial charge in [0.25, 0.3) is 0 Å². The first-order valence-electron chi connectivity index (χ1n) is 4.84. The second kappa shape index (κ2) is 3.11. The van der Waals surface area contributed by atoms with Crippen molar-refractivity contribution in [1.29, 1.82) is 0 Å². The van der Waals surface area contributed by atoms with Crippen LogP contribution in [0.4, 0.5) is 0 Å². The van der Waals surface area contributed by atoms with Crippen LogP contribution in [0.2, 0.25) is 0 Å². The highest BCUT2D eigenvalue weighted by Crippen LogP contribution is 2.31. The number of rotatable bonds is 1. The summed E-state index contributed by atoms with van der Waals surface area (Å²) in [6, 6.07) is 6.91. The molecular weight excluding hydrogens is 240 g/mol. The smallest absolute Gasteiger partial charge is 0.0458 e. The molecule has 0 saturated carbocycles. The molecule has 2 nitrogen and oxygen atoms in total. The molecule has 0 bridgehead atoms. The Kier molecular flexibility index (Phi) is 1.89. The molecule has 72 valence electrons. The number of halogens is 1. The highest BCUT2D eigenvalue weighted by atomic mass is 79.9. The maximum absolute atomic E-state index is 3.51. The fourth-order valence-corrected chi connectivity index (χ4v) is 2.32. The van der Waals surface area contributed by atoms with Gasteiger partial charge in [-0.05, 0) is 36.7 Å². The van der Waals surface area contributed by atoms with E-state index in [2.05, 4.69) is 50.6 Å². The van der Waals surface area contributed by atoms with E-state index >= 15 is 0 Å². The Bertz CT molecular complexity index is 471. The van der Waals surface area contributed by atoms with Crippen LogP contribution in [0.5, 0.6) is 0 Å². The van der Waals surface area contributed by atoms with Crippen molar-refractivity contribution >= 4 is 26.8 Å². The first-order chi connectivity index (χ1) is 6.84. The molecule has 0 aliphatic carbocycles. The molecule has 1 aliphatic rings. The molecular formula is C11H11BrN2. The number of nitrogens with one attached hydrogen (secondary N) is 2. The molecule has 1 atom stereocenters. The third-order valence-corrected chi connectivity index (χ3v) is 3.37. The monoisotopic (exact) mass is 250 g/mol. The summed E-state index contributed by atoms with van der Waals surface area (Å²) in [6.45, 7) is 1.14. The molecule has 3 rings (SSSR count). The predicted molar refractivity (Wildman–Crippen MR) is 61.4 cm³/mol. The van der Waals surface area contributed by atoms with Gasteiger partial charge in [-0.25, -0.2) is 0 Å². The number of aromatic nitrogens is 1. The minimum Gasteiger partial charge on any atom is -0.361 e. The third kappa shape index (κ3) is 1.20. The Labute approximate surface area is 90.8 Å². The van der Waals surface area contributed by atoms with Crippen molar-refractivity contribution in [3.63, 3.8) is 0 Å². The Balaban J connectivity index is 2.18. The Hall–Kier alpha value is -0.800. The first kappa shape index (κ1) is 8.50. The molecule has 2 N–H and O–H groups in total. The van der Waals surface area contributed by atoms with Gasteiger partial charge in [0.1, 0.15) is 0 Å². The molecule has 1 aromatic carbocycles. The molecule has 1 aromatic heterocycles. The summed E-state index contributed by atoms with van der Waals surface area (Å²) >= 11 is 3.51. The highest BCUT2D eigenvalue weighted by molar-refractivity contribution is 9.10. The first-order valence-corrected chi connectivity index (χ1v) is 5.64. The van der Waals surface area contributed by atoms with E-state index in [0.717, 1.165) is 11.0 Å². The van der Waals surface area contributed by atoms with Crippen LogP contribution in [0.25, 0.3) is 10.9 Å². The fraction of sp³-hybridized carbons (Fsp3) is 0.273. The molecule has 2 heterocycles. The van der Waals surface area contributed by atoms with Gasteiger partial charge in [0.05, 0.1) is 0 Å². The van der Waals surface area contributed by atoms with Gasteiger partial charge in [0.2, 0.25) is 0 Å². The lowest BCUT2D eigenvalue weighted by Crippen LogP contribution is -2.34. The summed E-state index contributed by atoms with van der Waals surface area (Å²) in [4.78, 5) is 3.30. The lowest BCUT2D eigenvalue weighted by atomic mass is 9.98. The van der Waals surface area contributed by atoms with Crippen molar-refractivity contribution in [2.75, 3.05) is 6.54 Å². The molecule has 1 aliphatic heterocycles. The maximum Gasteiger partial charge on any atom is 0.0458 e. The van der Waals surface area contributed by atoms with E-state index in [4.69, 9.17) is 0 Å². The Morgan fingerprint density at radius 2 is 2.21 bits per heavy atom. The van der Waals surface area contributed by atoms with Gasteiger partial charge in [-0.15, -0.1) is 0 Å². The van der Waals surface area contributed by atoms with Gasteiger partial charge in [-0.3, -0.25) is 0 Å². The van der Waals surface area contributed by atoms with Gasteiger partial charge in [-0.1, -0.05) is 15.9 Å². The molecule has 0 spiro atoms. The lowest BCUT2D eigenvalue weighted by Gasteiger charge is -2.27. The number of H-pyrrole nitrogens is 1. The van der Waals surface area contributed by atoms with Crippen molar-refractivity contribution in [2.45, 2.75) is 12.5 Å². The topological polar surface area (TPSA) is 27.8 Å². The molecule has 2 aromatic rings. The van der Waals surface area contributed by atoms with Crippen LogP contribution >= 0.6 is 15.9 Å². The zero-order valence-electron chi connectivity index (χ0n) is 7.68. The zero-order valence-corrected chi connectivity index (χ0v) is 9.26. The predicted octanol–water partition coefficient (Wildman–Crippen LogP) is 2.96. The summed E-state index contributed by atoms with van der Waals surface area (Å²) < 4.78 is 1.14. The SMILES string of the molecule is Brc1ccc2[nH]cc([C@@H]3CCN3)c2c1. The average molecular weight is 251 g/mol. The number of aromatic amines is 1. The van der Waals surface area contributed by atoms with E-state index in [0.29, 0.717) is 6.04 Å². The lowest BCUT2D eigenvalue weighted by molar-refractivity contribution is 0.385. The normalized spacial score (nSPS) is 21.1. The van der Waals surface area contributed by atoms with Gasteiger partial charge in [0.15, 0.2) is 0 Å². The number of hydrogen-bond acceptors (Lipinski definition) is 1. The van der Waals surface area contributed by atoms with E-state index < -0.39 is 0 Å². The minimum absolute atomic E-state index is 0.554. The van der Waals surface area contributed by atoms with Crippen LogP contribution in [0.3, 0.4) is 0 Å². The van der Waals surface area contributed by atoms with Gasteiger partial charge in [-0.2, -0.15) is 0 Å². The quantitative estimate of drug-likeness (QED) is 0.801. The maximum atomic E-state index is 3.51. The van der Waals surface area contributed by atoms with E-state index in [9.17, 15) is 0 Å². The Morgan fingerprint density at radius 3 is 2.93 bits per heavy atom. The molecule has 14 heavy (non-hydrogen) atoms. The average Bonchev–Trinajstić information content (AvgIpc) is 2.46. The molecule has 0 radical (unpaired) electrons. The fourth-order valence-electron chi connectivity index (χ4n) is 1.96. The van der Waals surface area contributed by atoms with Crippen molar-refractivity contribution < 1.29 is 0 Å². The number of fused-ring (bicyclic) bond motifs is 1. The third-order valence-electron chi connectivity index (χ3n) is 2.87. The summed E-state index contributed by atoms with van der Waals surface area (Å²) in [5.41, 5.74) is 2.62. The molecule has 1 fully saturated rings. The van der Waals surface area contributed by atoms with Crippen LogP contribution in [-0.2, 0) is 0 Å². The van der Waals surface area contributed by atoms with Crippen molar-refractivity contribution in [3.05, 3.63) is 34.4 Å². The summed E-state index contributed by atoms with van der Waals surface area (Å²) in [6.07, 6.45) is 3.37. The number of benzene rings is 1. The highest BCUT2D eigenvalue weighted by Gasteiger charge is 2.21. The van der Waals surface area contributed by atoms with Crippen molar-refractivity contribution in [2.24, 2.45) is 0 Å². The van der Waals surface area contributed by atoms with E-state index in [1.54, 1.807) is 0 Å². The van der Waals surface area contributed by atoms with Crippen LogP contribution in [-0.4, -0.2) is 11.5 Å². The zero-order chi connectivity index (χ0) is 9.54. The largest absolute Gasteiger partial charge is 0.361 e. The molecule has 1 saturated heterocycles. The Morgan fingerprint density at radius 1 is 1.36 bits per heavy atom. The molecule has 3 heteroatoms. The van der Waals surface area contributed by atoms with Gasteiger partial charge >= 0.3 is 0 Å². The van der Waals surface area contributed by atoms with Crippen LogP contribution < -0.4 is 5.32 Å².